The lowest BCUT2D eigenvalue weighted by Gasteiger charge is -2.43. The molecule has 0 radical (unpaired) electrons. The fraction of sp³-hybridized carbons (Fsp3) is 0.591. The van der Waals surface area contributed by atoms with Gasteiger partial charge in [0.05, 0.1) is 31.0 Å². The highest BCUT2D eigenvalue weighted by atomic mass is 16.8. The van der Waals surface area contributed by atoms with Crippen molar-refractivity contribution in [1.82, 2.24) is 0 Å². The Morgan fingerprint density at radius 1 is 1.03 bits per heavy atom. The molecule has 1 unspecified atom stereocenters. The third-order valence-corrected chi connectivity index (χ3v) is 6.94. The fourth-order valence-corrected chi connectivity index (χ4v) is 5.08. The van der Waals surface area contributed by atoms with Crippen LogP contribution in [0.5, 0.6) is 5.75 Å². The molecule has 4 aliphatic rings. The number of phenols is 1. The molecule has 0 spiro atoms. The number of carbonyl (C=O) groups is 1. The summed E-state index contributed by atoms with van der Waals surface area (Å²) >= 11 is 0. The minimum absolute atomic E-state index is 0.00264. The molecular weight excluding hydrogens is 456 g/mol. The zero-order valence-electron chi connectivity index (χ0n) is 17.8. The van der Waals surface area contributed by atoms with Crippen molar-refractivity contribution < 1.29 is 59.1 Å². The van der Waals surface area contributed by atoms with Crippen molar-refractivity contribution in [1.29, 1.82) is 0 Å². The van der Waals surface area contributed by atoms with Gasteiger partial charge in [0.1, 0.15) is 48.0 Å². The number of aliphatic hydroxyl groups is 5. The van der Waals surface area contributed by atoms with Gasteiger partial charge >= 0.3 is 5.97 Å². The highest BCUT2D eigenvalue weighted by Gasteiger charge is 2.77. The fourth-order valence-electron chi connectivity index (χ4n) is 5.08. The number of fused-ring (bicyclic) bond motifs is 3. The Hall–Kier alpha value is -2.29. The smallest absolute Gasteiger partial charge is 0.338 e. The van der Waals surface area contributed by atoms with Crippen molar-refractivity contribution in [3.8, 4) is 5.75 Å². The van der Waals surface area contributed by atoms with Crippen LogP contribution in [0.1, 0.15) is 10.4 Å². The molecule has 1 aliphatic carbocycles. The predicted molar refractivity (Wildman–Crippen MR) is 108 cm³/mol. The number of carbonyl (C=O) groups excluding carboxylic acids is 1. The topological polar surface area (TPSA) is 188 Å². The Kier molecular flexibility index (Phi) is 6.02. The molecule has 186 valence electrons. The van der Waals surface area contributed by atoms with Crippen LogP contribution >= 0.6 is 0 Å². The standard InChI is InChI=1S/C22H26O12/c23-7-12-14(26)15(27)16(28)21(31-12)33-20-13-11(5-6-30-20)17(18-22(13,8-24)34-18)32-19(29)9-1-3-10(25)4-2-9/h1-6,11-18,20-21,23-28H,7-8H2/t11-,12-,13-,14-,15?,16-,17+,18+,20+,21+,22-/m1/s1. The van der Waals surface area contributed by atoms with Gasteiger partial charge in [-0.25, -0.2) is 4.79 Å². The Balaban J connectivity index is 1.34. The van der Waals surface area contributed by atoms with Gasteiger partial charge in [0.25, 0.3) is 0 Å². The van der Waals surface area contributed by atoms with E-state index in [1.54, 1.807) is 6.08 Å². The number of aliphatic hydroxyl groups excluding tert-OH is 5. The van der Waals surface area contributed by atoms with Gasteiger partial charge in [0, 0.05) is 5.92 Å². The van der Waals surface area contributed by atoms with Gasteiger partial charge in [0.2, 0.25) is 6.29 Å². The average Bonchev–Trinajstić information content (AvgIpc) is 3.52. The van der Waals surface area contributed by atoms with E-state index in [0.29, 0.717) is 0 Å². The quantitative estimate of drug-likeness (QED) is 0.193. The van der Waals surface area contributed by atoms with Crippen LogP contribution in [0.4, 0.5) is 0 Å². The Bertz CT molecular complexity index is 934. The molecule has 1 aromatic rings. The van der Waals surface area contributed by atoms with E-state index in [-0.39, 0.29) is 11.3 Å². The SMILES string of the molecule is O=C(O[C@H]1[C@@H]2C=CO[C@@H](O[C@@H]3O[C@H](CO)[C@@H](O)C(O)[C@H]3O)[C@@H]2[C@@]2(CO)O[C@@H]12)c1ccc(O)cc1. The van der Waals surface area contributed by atoms with E-state index in [4.69, 9.17) is 23.7 Å². The van der Waals surface area contributed by atoms with Gasteiger partial charge < -0.3 is 54.3 Å². The van der Waals surface area contributed by atoms with Crippen LogP contribution in [-0.2, 0) is 23.7 Å². The molecule has 2 saturated heterocycles. The first-order valence-corrected chi connectivity index (χ1v) is 10.9. The summed E-state index contributed by atoms with van der Waals surface area (Å²) in [4.78, 5) is 12.7. The number of hydrogen-bond acceptors (Lipinski definition) is 12. The lowest BCUT2D eigenvalue weighted by molar-refractivity contribution is -0.344. The molecule has 12 nitrogen and oxygen atoms in total. The molecule has 5 rings (SSSR count). The third kappa shape index (κ3) is 3.67. The van der Waals surface area contributed by atoms with Crippen molar-refractivity contribution in [2.75, 3.05) is 13.2 Å². The largest absolute Gasteiger partial charge is 0.508 e. The lowest BCUT2D eigenvalue weighted by atomic mass is 9.85. The van der Waals surface area contributed by atoms with Crippen molar-refractivity contribution in [2.45, 2.75) is 54.8 Å². The minimum Gasteiger partial charge on any atom is -0.508 e. The molecule has 0 aromatic heterocycles. The summed E-state index contributed by atoms with van der Waals surface area (Å²) in [6, 6.07) is 5.56. The Labute approximate surface area is 193 Å². The maximum absolute atomic E-state index is 12.7. The highest BCUT2D eigenvalue weighted by Crippen LogP contribution is 2.60. The van der Waals surface area contributed by atoms with E-state index in [1.165, 1.54) is 30.5 Å². The zero-order chi connectivity index (χ0) is 24.2. The molecule has 3 fully saturated rings. The van der Waals surface area contributed by atoms with Gasteiger partial charge in [-0.05, 0) is 30.3 Å². The van der Waals surface area contributed by atoms with Crippen LogP contribution in [0.2, 0.25) is 0 Å². The van der Waals surface area contributed by atoms with Crippen LogP contribution < -0.4 is 0 Å². The number of epoxide rings is 1. The van der Waals surface area contributed by atoms with E-state index in [9.17, 15) is 35.4 Å². The monoisotopic (exact) mass is 482 g/mol. The second-order valence-electron chi connectivity index (χ2n) is 8.84. The molecule has 3 aliphatic heterocycles. The number of ether oxygens (including phenoxy) is 5. The minimum atomic E-state index is -1.64. The van der Waals surface area contributed by atoms with Crippen LogP contribution in [0, 0.1) is 11.8 Å². The van der Waals surface area contributed by atoms with Gasteiger partial charge in [-0.1, -0.05) is 0 Å². The Morgan fingerprint density at radius 3 is 2.44 bits per heavy atom. The lowest BCUT2D eigenvalue weighted by Crippen LogP contribution is -2.60. The second kappa shape index (κ2) is 8.73. The summed E-state index contributed by atoms with van der Waals surface area (Å²) in [5.41, 5.74) is -0.907. The molecule has 0 amide bonds. The normalized spacial score (nSPS) is 44.6. The molecule has 34 heavy (non-hydrogen) atoms. The third-order valence-electron chi connectivity index (χ3n) is 6.94. The Morgan fingerprint density at radius 2 is 1.76 bits per heavy atom. The first-order valence-electron chi connectivity index (χ1n) is 10.9. The van der Waals surface area contributed by atoms with Crippen LogP contribution in [-0.4, -0.2) is 105 Å². The van der Waals surface area contributed by atoms with E-state index in [0.717, 1.165) is 0 Å². The van der Waals surface area contributed by atoms with Crippen molar-refractivity contribution in [3.05, 3.63) is 42.2 Å². The van der Waals surface area contributed by atoms with Crippen LogP contribution in [0.15, 0.2) is 36.6 Å². The van der Waals surface area contributed by atoms with E-state index < -0.39 is 85.8 Å². The number of phenolic OH excluding ortho intramolecular Hbond substituents is 1. The average molecular weight is 482 g/mol. The summed E-state index contributed by atoms with van der Waals surface area (Å²) < 4.78 is 28.3. The second-order valence-corrected chi connectivity index (χ2v) is 8.84. The molecule has 1 saturated carbocycles. The first kappa shape index (κ1) is 23.5. The summed E-state index contributed by atoms with van der Waals surface area (Å²) in [6.07, 6.45) is -6.99. The first-order chi connectivity index (χ1) is 16.3. The van der Waals surface area contributed by atoms with Gasteiger partial charge in [-0.2, -0.15) is 0 Å². The number of rotatable bonds is 6. The summed E-state index contributed by atoms with van der Waals surface area (Å²) in [5, 5.41) is 59.3. The molecule has 6 N–H and O–H groups in total. The van der Waals surface area contributed by atoms with E-state index in [2.05, 4.69) is 0 Å². The van der Waals surface area contributed by atoms with Crippen LogP contribution in [0.3, 0.4) is 0 Å². The summed E-state index contributed by atoms with van der Waals surface area (Å²) in [7, 11) is 0. The number of esters is 1. The molecule has 11 atom stereocenters. The molecule has 3 heterocycles. The number of hydrogen-bond donors (Lipinski definition) is 6. The molecule has 12 heteroatoms. The van der Waals surface area contributed by atoms with Crippen molar-refractivity contribution in [2.24, 2.45) is 11.8 Å². The number of aromatic hydroxyl groups is 1. The molecule has 1 aromatic carbocycles. The maximum atomic E-state index is 12.7. The van der Waals surface area contributed by atoms with Gasteiger partial charge in [-0.3, -0.25) is 0 Å². The van der Waals surface area contributed by atoms with Gasteiger partial charge in [-0.15, -0.1) is 0 Å². The molecule has 0 bridgehead atoms. The highest BCUT2D eigenvalue weighted by molar-refractivity contribution is 5.89. The van der Waals surface area contributed by atoms with Crippen molar-refractivity contribution >= 4 is 5.97 Å². The van der Waals surface area contributed by atoms with Crippen LogP contribution in [0.25, 0.3) is 0 Å². The zero-order valence-corrected chi connectivity index (χ0v) is 17.8. The number of benzene rings is 1. The van der Waals surface area contributed by atoms with Gasteiger partial charge in [0.15, 0.2) is 6.29 Å². The molecular formula is C22H26O12. The maximum Gasteiger partial charge on any atom is 0.338 e. The summed E-state index contributed by atoms with van der Waals surface area (Å²) in [5.74, 6) is -1.78. The predicted octanol–water partition coefficient (Wildman–Crippen LogP) is -2.02. The van der Waals surface area contributed by atoms with E-state index >= 15 is 0 Å². The summed E-state index contributed by atoms with van der Waals surface area (Å²) in [6.45, 7) is -1.04. The van der Waals surface area contributed by atoms with E-state index in [1.807, 2.05) is 0 Å². The van der Waals surface area contributed by atoms with Crippen molar-refractivity contribution in [3.63, 3.8) is 0 Å².